The van der Waals surface area contributed by atoms with Crippen LogP contribution in [-0.2, 0) is 4.74 Å². The molecule has 2 amide bonds. The number of hydrogen-bond acceptors (Lipinski definition) is 2. The van der Waals surface area contributed by atoms with Crippen molar-refractivity contribution in [3.63, 3.8) is 0 Å². The second-order valence-corrected chi connectivity index (χ2v) is 6.81. The molecule has 1 aromatic rings. The SMILES string of the molecule is O=C(N[C@H](c1cc(F)ccc1F)C1CC1)N[C@H]1C[C@H]2CC[C@H]1O2. The molecule has 3 fully saturated rings. The molecule has 4 nitrogen and oxygen atoms in total. The Morgan fingerprint density at radius 3 is 2.70 bits per heavy atom. The van der Waals surface area contributed by atoms with Gasteiger partial charge in [-0.15, -0.1) is 0 Å². The number of halogens is 2. The molecule has 0 unspecified atom stereocenters. The van der Waals surface area contributed by atoms with E-state index in [-0.39, 0.29) is 35.8 Å². The van der Waals surface area contributed by atoms with Gasteiger partial charge >= 0.3 is 6.03 Å². The molecular formula is C17H20F2N2O2. The van der Waals surface area contributed by atoms with Gasteiger partial charge in [-0.1, -0.05) is 0 Å². The molecule has 3 aliphatic rings. The fourth-order valence-electron chi connectivity index (χ4n) is 3.77. The zero-order valence-corrected chi connectivity index (χ0v) is 12.7. The number of fused-ring (bicyclic) bond motifs is 2. The van der Waals surface area contributed by atoms with Gasteiger partial charge in [0.1, 0.15) is 11.6 Å². The fourth-order valence-corrected chi connectivity index (χ4v) is 3.77. The largest absolute Gasteiger partial charge is 0.373 e. The van der Waals surface area contributed by atoms with Gasteiger partial charge in [0, 0.05) is 5.56 Å². The summed E-state index contributed by atoms with van der Waals surface area (Å²) in [5.74, 6) is -0.795. The molecule has 1 aromatic carbocycles. The van der Waals surface area contributed by atoms with E-state index in [9.17, 15) is 13.6 Å². The van der Waals surface area contributed by atoms with Crippen LogP contribution in [-0.4, -0.2) is 24.3 Å². The normalized spacial score (nSPS) is 30.3. The lowest BCUT2D eigenvalue weighted by molar-refractivity contribution is 0.0980. The van der Waals surface area contributed by atoms with E-state index in [2.05, 4.69) is 10.6 Å². The molecule has 0 aromatic heterocycles. The van der Waals surface area contributed by atoms with Crippen LogP contribution in [0.2, 0.25) is 0 Å². The minimum Gasteiger partial charge on any atom is -0.373 e. The molecular weight excluding hydrogens is 302 g/mol. The number of ether oxygens (including phenoxy) is 1. The van der Waals surface area contributed by atoms with Gasteiger partial charge in [0.2, 0.25) is 0 Å². The monoisotopic (exact) mass is 322 g/mol. The highest BCUT2D eigenvalue weighted by molar-refractivity contribution is 5.75. The Labute approximate surface area is 133 Å². The maximum atomic E-state index is 14.0. The van der Waals surface area contributed by atoms with Gasteiger partial charge in [0.15, 0.2) is 0 Å². The third-order valence-corrected chi connectivity index (χ3v) is 5.10. The molecule has 1 saturated carbocycles. The summed E-state index contributed by atoms with van der Waals surface area (Å²) in [7, 11) is 0. The van der Waals surface area contributed by atoms with E-state index < -0.39 is 17.7 Å². The van der Waals surface area contributed by atoms with Crippen molar-refractivity contribution in [1.82, 2.24) is 10.6 Å². The number of amides is 2. The Hall–Kier alpha value is -1.69. The van der Waals surface area contributed by atoms with Crippen molar-refractivity contribution in [1.29, 1.82) is 0 Å². The summed E-state index contributed by atoms with van der Waals surface area (Å²) in [5, 5.41) is 5.77. The van der Waals surface area contributed by atoms with Crippen LogP contribution >= 0.6 is 0 Å². The summed E-state index contributed by atoms with van der Waals surface area (Å²) < 4.78 is 33.2. The molecule has 0 spiro atoms. The molecule has 4 atom stereocenters. The second-order valence-electron chi connectivity index (χ2n) is 6.81. The quantitative estimate of drug-likeness (QED) is 0.895. The van der Waals surface area contributed by atoms with Crippen LogP contribution in [0.5, 0.6) is 0 Å². The Bertz CT molecular complexity index is 621. The van der Waals surface area contributed by atoms with Gasteiger partial charge in [-0.3, -0.25) is 0 Å². The number of hydrogen-bond donors (Lipinski definition) is 2. The first-order valence-corrected chi connectivity index (χ1v) is 8.27. The van der Waals surface area contributed by atoms with Crippen molar-refractivity contribution in [3.8, 4) is 0 Å². The highest BCUT2D eigenvalue weighted by Gasteiger charge is 2.42. The fraction of sp³-hybridized carbons (Fsp3) is 0.588. The van der Waals surface area contributed by atoms with Gasteiger partial charge in [0.25, 0.3) is 0 Å². The number of nitrogens with one attached hydrogen (secondary N) is 2. The average molecular weight is 322 g/mol. The molecule has 2 N–H and O–H groups in total. The van der Waals surface area contributed by atoms with Gasteiger partial charge < -0.3 is 15.4 Å². The molecule has 124 valence electrons. The Balaban J connectivity index is 1.44. The standard InChI is InChI=1S/C17H20F2N2O2/c18-10-3-5-13(19)12(7-10)16(9-1-2-9)21-17(22)20-14-8-11-4-6-15(14)23-11/h3,5,7,9,11,14-16H,1-2,4,6,8H2,(H2,20,21,22)/t11-,14+,15-,16+/m1/s1. The number of carbonyl (C=O) groups is 1. The van der Waals surface area contributed by atoms with E-state index in [1.807, 2.05) is 0 Å². The minimum absolute atomic E-state index is 0.0194. The van der Waals surface area contributed by atoms with E-state index in [0.717, 1.165) is 44.2 Å². The van der Waals surface area contributed by atoms with Crippen LogP contribution in [0.3, 0.4) is 0 Å². The molecule has 23 heavy (non-hydrogen) atoms. The van der Waals surface area contributed by atoms with Crippen LogP contribution in [0.1, 0.15) is 43.7 Å². The zero-order chi connectivity index (χ0) is 16.0. The molecule has 4 rings (SSSR count). The Kier molecular flexibility index (Phi) is 3.71. The topological polar surface area (TPSA) is 50.4 Å². The van der Waals surface area contributed by atoms with Crippen molar-refractivity contribution in [2.45, 2.75) is 56.4 Å². The number of urea groups is 1. The molecule has 2 heterocycles. The molecule has 6 heteroatoms. The second kappa shape index (κ2) is 5.74. The van der Waals surface area contributed by atoms with Gasteiger partial charge in [-0.25, -0.2) is 13.6 Å². The number of rotatable bonds is 4. The maximum Gasteiger partial charge on any atom is 0.315 e. The van der Waals surface area contributed by atoms with Crippen molar-refractivity contribution in [2.24, 2.45) is 5.92 Å². The van der Waals surface area contributed by atoms with Gasteiger partial charge in [-0.2, -0.15) is 0 Å². The Morgan fingerprint density at radius 2 is 2.04 bits per heavy atom. The summed E-state index contributed by atoms with van der Waals surface area (Å²) in [5.41, 5.74) is 0.229. The highest BCUT2D eigenvalue weighted by atomic mass is 19.1. The predicted octanol–water partition coefficient (Wildman–Crippen LogP) is 3.04. The van der Waals surface area contributed by atoms with Gasteiger partial charge in [-0.05, 0) is 56.2 Å². The van der Waals surface area contributed by atoms with Crippen molar-refractivity contribution in [3.05, 3.63) is 35.4 Å². The van der Waals surface area contributed by atoms with Crippen LogP contribution in [0.4, 0.5) is 13.6 Å². The van der Waals surface area contributed by atoms with Crippen LogP contribution in [0, 0.1) is 17.6 Å². The molecule has 2 bridgehead atoms. The maximum absolute atomic E-state index is 14.0. The molecule has 2 saturated heterocycles. The smallest absolute Gasteiger partial charge is 0.315 e. The summed E-state index contributed by atoms with van der Waals surface area (Å²) in [6.07, 6.45) is 5.04. The van der Waals surface area contributed by atoms with E-state index in [1.54, 1.807) is 0 Å². The van der Waals surface area contributed by atoms with Crippen LogP contribution in [0.15, 0.2) is 18.2 Å². The third-order valence-electron chi connectivity index (χ3n) is 5.10. The lowest BCUT2D eigenvalue weighted by Crippen LogP contribution is -2.47. The van der Waals surface area contributed by atoms with E-state index in [0.29, 0.717) is 0 Å². The lowest BCUT2D eigenvalue weighted by Gasteiger charge is -2.24. The summed E-state index contributed by atoms with van der Waals surface area (Å²) >= 11 is 0. The summed E-state index contributed by atoms with van der Waals surface area (Å²) in [4.78, 5) is 12.3. The lowest BCUT2D eigenvalue weighted by atomic mass is 9.95. The van der Waals surface area contributed by atoms with Crippen molar-refractivity contribution < 1.29 is 18.3 Å². The number of carbonyl (C=O) groups excluding carboxylic acids is 1. The zero-order valence-electron chi connectivity index (χ0n) is 12.7. The minimum atomic E-state index is -0.490. The predicted molar refractivity (Wildman–Crippen MR) is 79.8 cm³/mol. The number of benzene rings is 1. The van der Waals surface area contributed by atoms with Crippen LogP contribution in [0.25, 0.3) is 0 Å². The summed E-state index contributed by atoms with van der Waals surface area (Å²) in [6.45, 7) is 0. The van der Waals surface area contributed by atoms with Crippen molar-refractivity contribution in [2.75, 3.05) is 0 Å². The Morgan fingerprint density at radius 1 is 1.22 bits per heavy atom. The van der Waals surface area contributed by atoms with Crippen LogP contribution < -0.4 is 10.6 Å². The van der Waals surface area contributed by atoms with E-state index in [4.69, 9.17) is 4.74 Å². The average Bonchev–Trinajstić information content (AvgIpc) is 3.16. The first-order valence-electron chi connectivity index (χ1n) is 8.27. The molecule has 1 aliphatic carbocycles. The summed E-state index contributed by atoms with van der Waals surface area (Å²) in [6, 6.07) is 2.60. The first-order chi connectivity index (χ1) is 11.1. The molecule has 0 radical (unpaired) electrons. The van der Waals surface area contributed by atoms with Crippen molar-refractivity contribution >= 4 is 6.03 Å². The van der Waals surface area contributed by atoms with Gasteiger partial charge in [0.05, 0.1) is 24.3 Å². The van der Waals surface area contributed by atoms with E-state index >= 15 is 0 Å². The first kappa shape index (κ1) is 14.9. The highest BCUT2D eigenvalue weighted by Crippen LogP contribution is 2.42. The van der Waals surface area contributed by atoms with E-state index in [1.165, 1.54) is 6.07 Å². The third kappa shape index (κ3) is 3.04. The molecule has 2 aliphatic heterocycles.